The van der Waals surface area contributed by atoms with Gasteiger partial charge in [0.25, 0.3) is 0 Å². The van der Waals surface area contributed by atoms with Gasteiger partial charge in [-0.2, -0.15) is 0 Å². The Labute approximate surface area is 124 Å². The molecule has 1 unspecified atom stereocenters. The molecule has 0 heterocycles. The van der Waals surface area contributed by atoms with Gasteiger partial charge in [-0.3, -0.25) is 9.59 Å². The van der Waals surface area contributed by atoms with E-state index in [9.17, 15) is 9.59 Å². The van der Waals surface area contributed by atoms with Crippen LogP contribution in [0.5, 0.6) is 0 Å². The van der Waals surface area contributed by atoms with Crippen molar-refractivity contribution < 1.29 is 19.4 Å². The van der Waals surface area contributed by atoms with Crippen molar-refractivity contribution in [2.45, 2.75) is 32.4 Å². The Hall–Kier alpha value is -1.88. The fraction of sp³-hybridized carbons (Fsp3) is 0.500. The van der Waals surface area contributed by atoms with E-state index in [1.165, 1.54) is 0 Å². The lowest BCUT2D eigenvalue weighted by Gasteiger charge is -2.24. The van der Waals surface area contributed by atoms with Gasteiger partial charge in [-0.1, -0.05) is 37.3 Å². The first-order valence-electron chi connectivity index (χ1n) is 7.22. The van der Waals surface area contributed by atoms with Crippen molar-refractivity contribution in [2.24, 2.45) is 5.92 Å². The number of amides is 1. The molecule has 1 saturated carbocycles. The lowest BCUT2D eigenvalue weighted by molar-refractivity contribution is -0.144. The summed E-state index contributed by atoms with van der Waals surface area (Å²) in [6.45, 7) is 2.26. The van der Waals surface area contributed by atoms with E-state index in [2.05, 4.69) is 0 Å². The van der Waals surface area contributed by atoms with Crippen LogP contribution in [0, 0.1) is 5.92 Å². The highest BCUT2D eigenvalue weighted by Gasteiger charge is 2.34. The van der Waals surface area contributed by atoms with Crippen molar-refractivity contribution in [3.8, 4) is 0 Å². The molecule has 2 rings (SSSR count). The summed E-state index contributed by atoms with van der Waals surface area (Å²) in [6.07, 6.45) is 1.91. The summed E-state index contributed by atoms with van der Waals surface area (Å²) in [5.41, 5.74) is 1.02. The van der Waals surface area contributed by atoms with Crippen LogP contribution in [-0.2, 0) is 20.9 Å². The number of aliphatic carboxylic acids is 1. The van der Waals surface area contributed by atoms with Crippen molar-refractivity contribution in [3.63, 3.8) is 0 Å². The van der Waals surface area contributed by atoms with E-state index in [0.717, 1.165) is 18.4 Å². The Bertz CT molecular complexity index is 484. The summed E-state index contributed by atoms with van der Waals surface area (Å²) in [7, 11) is 0. The van der Waals surface area contributed by atoms with Gasteiger partial charge >= 0.3 is 5.97 Å². The lowest BCUT2D eigenvalue weighted by Crippen LogP contribution is -2.40. The number of rotatable bonds is 8. The van der Waals surface area contributed by atoms with E-state index in [1.54, 1.807) is 11.8 Å². The maximum absolute atomic E-state index is 12.2. The number of hydrogen-bond donors (Lipinski definition) is 1. The number of carbonyl (C=O) groups is 2. The van der Waals surface area contributed by atoms with Crippen molar-refractivity contribution in [1.29, 1.82) is 0 Å². The number of carboxylic acid groups (broad SMARTS) is 1. The summed E-state index contributed by atoms with van der Waals surface area (Å²) in [5, 5.41) is 8.97. The Balaban J connectivity index is 1.80. The quantitative estimate of drug-likeness (QED) is 0.794. The zero-order valence-corrected chi connectivity index (χ0v) is 12.2. The molecule has 1 atom stereocenters. The molecule has 1 aliphatic carbocycles. The number of carbonyl (C=O) groups excluding carboxylic acids is 1. The summed E-state index contributed by atoms with van der Waals surface area (Å²) in [6, 6.07) is 9.85. The molecular formula is C16H21NO4. The minimum absolute atomic E-state index is 0.00225. The average molecular weight is 291 g/mol. The zero-order valence-electron chi connectivity index (χ0n) is 12.2. The normalized spacial score (nSPS) is 15.5. The smallest absolute Gasteiger partial charge is 0.308 e. The minimum atomic E-state index is -0.876. The fourth-order valence-corrected chi connectivity index (χ4v) is 2.13. The van der Waals surface area contributed by atoms with Crippen LogP contribution in [0.3, 0.4) is 0 Å². The lowest BCUT2D eigenvalue weighted by atomic mass is 10.1. The van der Waals surface area contributed by atoms with Gasteiger partial charge in [-0.15, -0.1) is 0 Å². The first kappa shape index (κ1) is 15.5. The van der Waals surface area contributed by atoms with Gasteiger partial charge in [0.1, 0.15) is 6.61 Å². The second kappa shape index (κ2) is 7.22. The van der Waals surface area contributed by atoms with Crippen LogP contribution in [0.4, 0.5) is 0 Å². The van der Waals surface area contributed by atoms with Gasteiger partial charge in [0.2, 0.25) is 5.91 Å². The molecule has 1 amide bonds. The third-order valence-corrected chi connectivity index (χ3v) is 3.54. The van der Waals surface area contributed by atoms with Gasteiger partial charge in [0.15, 0.2) is 0 Å². The van der Waals surface area contributed by atoms with E-state index in [-0.39, 0.29) is 25.1 Å². The predicted molar refractivity (Wildman–Crippen MR) is 77.6 cm³/mol. The van der Waals surface area contributed by atoms with Crippen LogP contribution in [-0.4, -0.2) is 41.1 Å². The van der Waals surface area contributed by atoms with Crippen molar-refractivity contribution in [1.82, 2.24) is 4.90 Å². The molecule has 21 heavy (non-hydrogen) atoms. The summed E-state index contributed by atoms with van der Waals surface area (Å²) in [5.74, 6) is -1.55. The fourth-order valence-electron chi connectivity index (χ4n) is 2.13. The van der Waals surface area contributed by atoms with Gasteiger partial charge in [0, 0.05) is 12.6 Å². The maximum Gasteiger partial charge on any atom is 0.308 e. The summed E-state index contributed by atoms with van der Waals surface area (Å²) in [4.78, 5) is 24.8. The molecule has 5 heteroatoms. The van der Waals surface area contributed by atoms with Gasteiger partial charge in [-0.05, 0) is 18.4 Å². The molecule has 5 nitrogen and oxygen atoms in total. The topological polar surface area (TPSA) is 66.8 Å². The van der Waals surface area contributed by atoms with E-state index in [1.807, 2.05) is 30.3 Å². The van der Waals surface area contributed by atoms with Gasteiger partial charge in [0.05, 0.1) is 12.5 Å². The Morgan fingerprint density at radius 3 is 2.57 bits per heavy atom. The highest BCUT2D eigenvalue weighted by molar-refractivity contribution is 5.79. The van der Waals surface area contributed by atoms with Crippen LogP contribution in [0.1, 0.15) is 25.3 Å². The van der Waals surface area contributed by atoms with Crippen LogP contribution in [0.2, 0.25) is 0 Å². The molecular weight excluding hydrogens is 270 g/mol. The molecule has 1 N–H and O–H groups in total. The third kappa shape index (κ3) is 4.86. The zero-order chi connectivity index (χ0) is 15.2. The van der Waals surface area contributed by atoms with Crippen LogP contribution >= 0.6 is 0 Å². The van der Waals surface area contributed by atoms with Gasteiger partial charge < -0.3 is 14.7 Å². The average Bonchev–Trinajstić information content (AvgIpc) is 3.29. The molecule has 1 fully saturated rings. The highest BCUT2D eigenvalue weighted by Crippen LogP contribution is 2.27. The van der Waals surface area contributed by atoms with E-state index < -0.39 is 11.9 Å². The molecule has 114 valence electrons. The third-order valence-electron chi connectivity index (χ3n) is 3.54. The van der Waals surface area contributed by atoms with Crippen molar-refractivity contribution in [3.05, 3.63) is 35.9 Å². The first-order valence-corrected chi connectivity index (χ1v) is 7.22. The largest absolute Gasteiger partial charge is 0.481 e. The first-order chi connectivity index (χ1) is 10.1. The molecule has 0 radical (unpaired) electrons. The van der Waals surface area contributed by atoms with Crippen molar-refractivity contribution in [2.75, 3.05) is 13.2 Å². The van der Waals surface area contributed by atoms with E-state index >= 15 is 0 Å². The molecule has 0 aromatic heterocycles. The van der Waals surface area contributed by atoms with Gasteiger partial charge in [-0.25, -0.2) is 0 Å². The Morgan fingerprint density at radius 2 is 2.00 bits per heavy atom. The molecule has 0 spiro atoms. The summed E-state index contributed by atoms with van der Waals surface area (Å²) >= 11 is 0. The monoisotopic (exact) mass is 291 g/mol. The second-order valence-corrected chi connectivity index (χ2v) is 5.49. The molecule has 1 aromatic carbocycles. The SMILES string of the molecule is CC(CN(C(=O)COCc1ccccc1)C1CC1)C(=O)O. The predicted octanol–water partition coefficient (Wildman–Crippen LogP) is 1.91. The minimum Gasteiger partial charge on any atom is -0.481 e. The number of hydrogen-bond acceptors (Lipinski definition) is 3. The highest BCUT2D eigenvalue weighted by atomic mass is 16.5. The maximum atomic E-state index is 12.2. The summed E-state index contributed by atoms with van der Waals surface area (Å²) < 4.78 is 5.44. The second-order valence-electron chi connectivity index (χ2n) is 5.49. The van der Waals surface area contributed by atoms with Crippen molar-refractivity contribution >= 4 is 11.9 Å². The number of benzene rings is 1. The Morgan fingerprint density at radius 1 is 1.33 bits per heavy atom. The Kier molecular flexibility index (Phi) is 5.33. The van der Waals surface area contributed by atoms with E-state index in [0.29, 0.717) is 6.61 Å². The molecule has 0 bridgehead atoms. The number of nitrogens with zero attached hydrogens (tertiary/aromatic N) is 1. The number of ether oxygens (including phenoxy) is 1. The molecule has 0 saturated heterocycles. The van der Waals surface area contributed by atoms with E-state index in [4.69, 9.17) is 9.84 Å². The van der Waals surface area contributed by atoms with Crippen LogP contribution in [0.25, 0.3) is 0 Å². The van der Waals surface area contributed by atoms with Crippen LogP contribution in [0.15, 0.2) is 30.3 Å². The van der Waals surface area contributed by atoms with Crippen LogP contribution < -0.4 is 0 Å². The molecule has 0 aliphatic heterocycles. The number of carboxylic acids is 1. The molecule has 1 aromatic rings. The standard InChI is InChI=1S/C16H21NO4/c1-12(16(19)20)9-17(14-7-8-14)15(18)11-21-10-13-5-3-2-4-6-13/h2-6,12,14H,7-11H2,1H3,(H,19,20). The molecule has 1 aliphatic rings.